The number of rotatable bonds is 1. The van der Waals surface area contributed by atoms with Crippen molar-refractivity contribution in [3.8, 4) is 5.75 Å². The second-order valence-electron chi connectivity index (χ2n) is 4.50. The van der Waals surface area contributed by atoms with Crippen LogP contribution in [0.3, 0.4) is 0 Å². The highest BCUT2D eigenvalue weighted by atomic mass is 35.5. The van der Waals surface area contributed by atoms with E-state index in [1.54, 1.807) is 6.07 Å². The lowest BCUT2D eigenvalue weighted by atomic mass is 10.1. The molecule has 0 unspecified atom stereocenters. The van der Waals surface area contributed by atoms with Crippen LogP contribution in [0, 0.1) is 0 Å². The van der Waals surface area contributed by atoms with Crippen LogP contribution in [0.1, 0.15) is 5.56 Å². The molecular weight excluding hydrogens is 254 g/mol. The zero-order valence-electron chi connectivity index (χ0n) is 9.89. The first-order chi connectivity index (χ1) is 8.74. The lowest BCUT2D eigenvalue weighted by Gasteiger charge is -2.28. The van der Waals surface area contributed by atoms with Gasteiger partial charge in [0, 0.05) is 24.5 Å². The molecule has 0 bridgehead atoms. The molecule has 0 saturated carbocycles. The quantitative estimate of drug-likeness (QED) is 0.774. The summed E-state index contributed by atoms with van der Waals surface area (Å²) in [7, 11) is 0. The van der Waals surface area contributed by atoms with Gasteiger partial charge in [-0.3, -0.25) is 4.79 Å². The standard InChI is InChI=1S/C13H14ClNO3/c14-10-1-2-11-9(7-10)8-12(18-11)13(16)15-3-5-17-6-4-15/h1-2,7,12H,3-6,8H2/t12-/m0/s1. The Bertz CT molecular complexity index is 471. The van der Waals surface area contributed by atoms with E-state index >= 15 is 0 Å². The molecule has 0 aliphatic carbocycles. The van der Waals surface area contributed by atoms with Crippen molar-refractivity contribution in [3.63, 3.8) is 0 Å². The maximum Gasteiger partial charge on any atom is 0.264 e. The van der Waals surface area contributed by atoms with Crippen molar-refractivity contribution >= 4 is 17.5 Å². The summed E-state index contributed by atoms with van der Waals surface area (Å²) in [6.45, 7) is 2.51. The van der Waals surface area contributed by atoms with Crippen molar-refractivity contribution in [1.29, 1.82) is 0 Å². The molecule has 1 saturated heterocycles. The molecule has 3 rings (SSSR count). The largest absolute Gasteiger partial charge is 0.480 e. The molecular formula is C13H14ClNO3. The third kappa shape index (κ3) is 2.18. The second-order valence-corrected chi connectivity index (χ2v) is 4.94. The number of halogens is 1. The molecule has 1 aromatic rings. The van der Waals surface area contributed by atoms with Gasteiger partial charge in [0.1, 0.15) is 5.75 Å². The number of carbonyl (C=O) groups is 1. The van der Waals surface area contributed by atoms with Crippen LogP contribution in [0.15, 0.2) is 18.2 Å². The first-order valence-electron chi connectivity index (χ1n) is 6.05. The molecule has 2 aliphatic heterocycles. The number of ether oxygens (including phenoxy) is 2. The van der Waals surface area contributed by atoms with Gasteiger partial charge in [-0.05, 0) is 23.8 Å². The zero-order chi connectivity index (χ0) is 12.5. The Morgan fingerprint density at radius 1 is 1.33 bits per heavy atom. The van der Waals surface area contributed by atoms with Crippen LogP contribution in [0.2, 0.25) is 5.02 Å². The fraction of sp³-hybridized carbons (Fsp3) is 0.462. The molecule has 0 aromatic heterocycles. The van der Waals surface area contributed by atoms with E-state index < -0.39 is 6.10 Å². The van der Waals surface area contributed by atoms with E-state index in [9.17, 15) is 4.79 Å². The average Bonchev–Trinajstić information content (AvgIpc) is 2.81. The maximum atomic E-state index is 12.3. The molecule has 1 fully saturated rings. The molecule has 5 heteroatoms. The van der Waals surface area contributed by atoms with E-state index in [-0.39, 0.29) is 5.91 Å². The smallest absolute Gasteiger partial charge is 0.264 e. The molecule has 1 aromatic carbocycles. The maximum absolute atomic E-state index is 12.3. The van der Waals surface area contributed by atoms with Gasteiger partial charge >= 0.3 is 0 Å². The minimum Gasteiger partial charge on any atom is -0.480 e. The molecule has 0 N–H and O–H groups in total. The van der Waals surface area contributed by atoms with Crippen LogP contribution in [0.4, 0.5) is 0 Å². The Morgan fingerprint density at radius 3 is 2.89 bits per heavy atom. The summed E-state index contributed by atoms with van der Waals surface area (Å²) in [5.41, 5.74) is 1.01. The Morgan fingerprint density at radius 2 is 2.11 bits per heavy atom. The minimum absolute atomic E-state index is 0.0469. The van der Waals surface area contributed by atoms with Gasteiger partial charge in [0.05, 0.1) is 13.2 Å². The summed E-state index contributed by atoms with van der Waals surface area (Å²) in [6.07, 6.45) is 0.197. The molecule has 2 heterocycles. The molecule has 1 amide bonds. The molecule has 0 spiro atoms. The van der Waals surface area contributed by atoms with Gasteiger partial charge in [-0.25, -0.2) is 0 Å². The highest BCUT2D eigenvalue weighted by molar-refractivity contribution is 6.30. The summed E-state index contributed by atoms with van der Waals surface area (Å²) >= 11 is 5.93. The molecule has 2 aliphatic rings. The summed E-state index contributed by atoms with van der Waals surface area (Å²) in [5, 5.41) is 0.678. The van der Waals surface area contributed by atoms with Crippen molar-refractivity contribution in [2.24, 2.45) is 0 Å². The number of morpholine rings is 1. The first-order valence-corrected chi connectivity index (χ1v) is 6.43. The minimum atomic E-state index is -0.406. The summed E-state index contributed by atoms with van der Waals surface area (Å²) in [5.74, 6) is 0.816. The van der Waals surface area contributed by atoms with E-state index in [1.807, 2.05) is 17.0 Å². The SMILES string of the molecule is O=C([C@@H]1Cc2cc(Cl)ccc2O1)N1CCOCC1. The fourth-order valence-corrected chi connectivity index (χ4v) is 2.54. The summed E-state index contributed by atoms with van der Waals surface area (Å²) < 4.78 is 10.9. The Kier molecular flexibility index (Phi) is 3.14. The van der Waals surface area contributed by atoms with Crippen molar-refractivity contribution in [3.05, 3.63) is 28.8 Å². The Hall–Kier alpha value is -1.26. The number of nitrogens with zero attached hydrogens (tertiary/aromatic N) is 1. The number of benzene rings is 1. The van der Waals surface area contributed by atoms with Crippen LogP contribution in [-0.2, 0) is 16.0 Å². The molecule has 0 radical (unpaired) electrons. The van der Waals surface area contributed by atoms with Crippen LogP contribution < -0.4 is 4.74 Å². The van der Waals surface area contributed by atoms with Crippen molar-refractivity contribution in [2.75, 3.05) is 26.3 Å². The van der Waals surface area contributed by atoms with Crippen molar-refractivity contribution < 1.29 is 14.3 Å². The van der Waals surface area contributed by atoms with Gasteiger partial charge < -0.3 is 14.4 Å². The van der Waals surface area contributed by atoms with Crippen LogP contribution in [0.5, 0.6) is 5.75 Å². The van der Waals surface area contributed by atoms with Crippen LogP contribution in [0.25, 0.3) is 0 Å². The van der Waals surface area contributed by atoms with E-state index in [4.69, 9.17) is 21.1 Å². The van der Waals surface area contributed by atoms with Crippen molar-refractivity contribution in [2.45, 2.75) is 12.5 Å². The number of hydrogen-bond donors (Lipinski definition) is 0. The Labute approximate surface area is 110 Å². The van der Waals surface area contributed by atoms with Gasteiger partial charge in [-0.1, -0.05) is 11.6 Å². The molecule has 18 heavy (non-hydrogen) atoms. The zero-order valence-corrected chi connectivity index (χ0v) is 10.7. The highest BCUT2D eigenvalue weighted by Gasteiger charge is 2.33. The molecule has 96 valence electrons. The van der Waals surface area contributed by atoms with Gasteiger partial charge in [-0.2, -0.15) is 0 Å². The van der Waals surface area contributed by atoms with Gasteiger partial charge in [0.25, 0.3) is 5.91 Å². The normalized spacial score (nSPS) is 22.5. The van der Waals surface area contributed by atoms with Crippen LogP contribution in [-0.4, -0.2) is 43.2 Å². The van der Waals surface area contributed by atoms with Gasteiger partial charge in [0.2, 0.25) is 0 Å². The predicted molar refractivity (Wildman–Crippen MR) is 67.0 cm³/mol. The number of hydrogen-bond acceptors (Lipinski definition) is 3. The second kappa shape index (κ2) is 4.78. The summed E-state index contributed by atoms with van der Waals surface area (Å²) in [4.78, 5) is 14.1. The third-order valence-electron chi connectivity index (χ3n) is 3.30. The number of fused-ring (bicyclic) bond motifs is 1. The average molecular weight is 268 g/mol. The lowest BCUT2D eigenvalue weighted by Crippen LogP contribution is -2.47. The molecule has 1 atom stereocenters. The number of carbonyl (C=O) groups excluding carboxylic acids is 1. The van der Waals surface area contributed by atoms with E-state index in [0.717, 1.165) is 11.3 Å². The Balaban J connectivity index is 1.71. The van der Waals surface area contributed by atoms with E-state index in [1.165, 1.54) is 0 Å². The predicted octanol–water partition coefficient (Wildman–Crippen LogP) is 1.50. The van der Waals surface area contributed by atoms with Gasteiger partial charge in [0.15, 0.2) is 6.10 Å². The molecule has 4 nitrogen and oxygen atoms in total. The fourth-order valence-electron chi connectivity index (χ4n) is 2.34. The van der Waals surface area contributed by atoms with E-state index in [0.29, 0.717) is 37.7 Å². The number of amides is 1. The van der Waals surface area contributed by atoms with Gasteiger partial charge in [-0.15, -0.1) is 0 Å². The third-order valence-corrected chi connectivity index (χ3v) is 3.53. The first kappa shape index (κ1) is 11.8. The lowest BCUT2D eigenvalue weighted by molar-refractivity contribution is -0.142. The topological polar surface area (TPSA) is 38.8 Å². The van der Waals surface area contributed by atoms with Crippen molar-refractivity contribution in [1.82, 2.24) is 4.90 Å². The van der Waals surface area contributed by atoms with Crippen LogP contribution >= 0.6 is 11.6 Å². The monoisotopic (exact) mass is 267 g/mol. The summed E-state index contributed by atoms with van der Waals surface area (Å²) in [6, 6.07) is 5.47. The highest BCUT2D eigenvalue weighted by Crippen LogP contribution is 2.31. The van der Waals surface area contributed by atoms with E-state index in [2.05, 4.69) is 0 Å².